The summed E-state index contributed by atoms with van der Waals surface area (Å²) in [5.41, 5.74) is -1.41. The fourth-order valence-electron chi connectivity index (χ4n) is 1.22. The summed E-state index contributed by atoms with van der Waals surface area (Å²) in [4.78, 5) is 11.0. The first-order valence-corrected chi connectivity index (χ1v) is 3.66. The lowest BCUT2D eigenvalue weighted by molar-refractivity contribution is -0.128. The van der Waals surface area contributed by atoms with Crippen LogP contribution in [0.2, 0.25) is 0 Å². The molecule has 68 valence electrons. The summed E-state index contributed by atoms with van der Waals surface area (Å²) in [6.45, 7) is 1.40. The average molecular weight is 172 g/mol. The zero-order valence-corrected chi connectivity index (χ0v) is 7.07. The maximum Gasteiger partial charge on any atom is 0.162 e. The molecule has 2 N–H and O–H groups in total. The maximum atomic E-state index is 11.0. The third-order valence-corrected chi connectivity index (χ3v) is 1.93. The highest BCUT2D eigenvalue weighted by Crippen LogP contribution is 2.26. The number of rotatable bonds is 1. The van der Waals surface area contributed by atoms with Crippen molar-refractivity contribution in [2.45, 2.75) is 25.0 Å². The standard InChI is InChI=1S/C8H12O4/c1-8(11)4-5(9)3-6(12-2)7(8)10/h3,7,10-11H,4H2,1-2H3/t7-,8-/m0/s1. The Morgan fingerprint density at radius 2 is 2.33 bits per heavy atom. The first-order valence-electron chi connectivity index (χ1n) is 3.66. The summed E-state index contributed by atoms with van der Waals surface area (Å²) in [6.07, 6.45) is 0.0316. The van der Waals surface area contributed by atoms with Gasteiger partial charge in [-0.2, -0.15) is 0 Å². The predicted octanol–water partition coefficient (Wildman–Crippen LogP) is -0.399. The van der Waals surface area contributed by atoms with Gasteiger partial charge in [-0.3, -0.25) is 4.79 Å². The summed E-state index contributed by atoms with van der Waals surface area (Å²) in [5.74, 6) is -0.113. The first kappa shape index (κ1) is 9.22. The SMILES string of the molecule is COC1=CC(=O)C[C@](C)(O)[C@H]1O. The van der Waals surface area contributed by atoms with Gasteiger partial charge in [0.05, 0.1) is 7.11 Å². The summed E-state index contributed by atoms with van der Waals surface area (Å²) in [7, 11) is 1.35. The molecule has 0 aromatic carbocycles. The number of carbonyl (C=O) groups excluding carboxylic acids is 1. The third kappa shape index (κ3) is 1.49. The van der Waals surface area contributed by atoms with Gasteiger partial charge >= 0.3 is 0 Å². The molecular formula is C8H12O4. The molecule has 1 aliphatic carbocycles. The van der Waals surface area contributed by atoms with Gasteiger partial charge in [-0.1, -0.05) is 0 Å². The Morgan fingerprint density at radius 1 is 1.75 bits per heavy atom. The van der Waals surface area contributed by atoms with E-state index in [1.807, 2.05) is 0 Å². The molecule has 0 spiro atoms. The number of aliphatic hydroxyl groups excluding tert-OH is 1. The van der Waals surface area contributed by atoms with E-state index >= 15 is 0 Å². The van der Waals surface area contributed by atoms with Crippen LogP contribution in [0.1, 0.15) is 13.3 Å². The third-order valence-electron chi connectivity index (χ3n) is 1.93. The molecule has 0 saturated carbocycles. The van der Waals surface area contributed by atoms with Crippen molar-refractivity contribution >= 4 is 5.78 Å². The van der Waals surface area contributed by atoms with Crippen LogP contribution in [0.5, 0.6) is 0 Å². The van der Waals surface area contributed by atoms with Crippen molar-refractivity contribution in [2.24, 2.45) is 0 Å². The van der Waals surface area contributed by atoms with E-state index < -0.39 is 11.7 Å². The largest absolute Gasteiger partial charge is 0.498 e. The fraction of sp³-hybridized carbons (Fsp3) is 0.625. The minimum atomic E-state index is -1.41. The number of hydrogen-bond donors (Lipinski definition) is 2. The van der Waals surface area contributed by atoms with Crippen LogP contribution < -0.4 is 0 Å². The van der Waals surface area contributed by atoms with E-state index in [4.69, 9.17) is 4.74 Å². The molecule has 4 heteroatoms. The van der Waals surface area contributed by atoms with E-state index in [9.17, 15) is 15.0 Å². The second-order valence-corrected chi connectivity index (χ2v) is 3.15. The van der Waals surface area contributed by atoms with Crippen LogP contribution >= 0.6 is 0 Å². The van der Waals surface area contributed by atoms with E-state index in [1.54, 1.807) is 0 Å². The number of carbonyl (C=O) groups is 1. The number of aliphatic hydroxyl groups is 2. The molecule has 4 nitrogen and oxygen atoms in total. The number of ether oxygens (including phenoxy) is 1. The molecule has 0 saturated heterocycles. The van der Waals surface area contributed by atoms with Crippen molar-refractivity contribution in [3.05, 3.63) is 11.8 Å². The maximum absolute atomic E-state index is 11.0. The highest BCUT2D eigenvalue weighted by Gasteiger charge is 2.39. The highest BCUT2D eigenvalue weighted by atomic mass is 16.5. The topological polar surface area (TPSA) is 66.8 Å². The van der Waals surface area contributed by atoms with E-state index in [0.29, 0.717) is 0 Å². The minimum Gasteiger partial charge on any atom is -0.498 e. The fourth-order valence-corrected chi connectivity index (χ4v) is 1.22. The Hall–Kier alpha value is -0.870. The molecule has 0 aromatic heterocycles. The molecule has 0 aliphatic heterocycles. The smallest absolute Gasteiger partial charge is 0.162 e. The van der Waals surface area contributed by atoms with Crippen molar-refractivity contribution in [1.29, 1.82) is 0 Å². The van der Waals surface area contributed by atoms with Gasteiger partial charge in [0.15, 0.2) is 5.78 Å². The lowest BCUT2D eigenvalue weighted by Gasteiger charge is -2.32. The number of allylic oxidation sites excluding steroid dienone is 1. The molecule has 0 unspecified atom stereocenters. The van der Waals surface area contributed by atoms with E-state index in [0.717, 1.165) is 0 Å². The molecular weight excluding hydrogens is 160 g/mol. The predicted molar refractivity (Wildman–Crippen MR) is 41.3 cm³/mol. The Kier molecular flexibility index (Phi) is 2.21. The van der Waals surface area contributed by atoms with E-state index in [-0.39, 0.29) is 18.0 Å². The van der Waals surface area contributed by atoms with Crippen LogP contribution in [0.25, 0.3) is 0 Å². The molecule has 0 heterocycles. The summed E-state index contributed by atoms with van der Waals surface area (Å²) in [6, 6.07) is 0. The van der Waals surface area contributed by atoms with Gasteiger partial charge in [0.1, 0.15) is 17.5 Å². The van der Waals surface area contributed by atoms with Crippen LogP contribution in [-0.4, -0.2) is 34.8 Å². The van der Waals surface area contributed by atoms with Crippen molar-refractivity contribution in [2.75, 3.05) is 7.11 Å². The molecule has 2 atom stereocenters. The zero-order chi connectivity index (χ0) is 9.35. The molecule has 1 aliphatic rings. The Bertz CT molecular complexity index is 229. The lowest BCUT2D eigenvalue weighted by atomic mass is 9.86. The number of methoxy groups -OCH3 is 1. The monoisotopic (exact) mass is 172 g/mol. The Balaban J connectivity index is 2.95. The van der Waals surface area contributed by atoms with Gasteiger partial charge < -0.3 is 14.9 Å². The second-order valence-electron chi connectivity index (χ2n) is 3.15. The minimum absolute atomic E-state index is 0.0684. The molecule has 1 rings (SSSR count). The number of ketones is 1. The highest BCUT2D eigenvalue weighted by molar-refractivity contribution is 5.92. The number of hydrogen-bond acceptors (Lipinski definition) is 4. The van der Waals surface area contributed by atoms with Crippen molar-refractivity contribution in [1.82, 2.24) is 0 Å². The summed E-state index contributed by atoms with van der Waals surface area (Å²) >= 11 is 0. The molecule has 0 amide bonds. The van der Waals surface area contributed by atoms with E-state index in [1.165, 1.54) is 20.1 Å². The van der Waals surface area contributed by atoms with Crippen molar-refractivity contribution in [3.8, 4) is 0 Å². The quantitative estimate of drug-likeness (QED) is 0.565. The molecule has 0 aromatic rings. The van der Waals surface area contributed by atoms with Gasteiger partial charge in [0, 0.05) is 12.5 Å². The van der Waals surface area contributed by atoms with Gasteiger partial charge in [0.25, 0.3) is 0 Å². The normalized spacial score (nSPS) is 36.2. The molecule has 0 bridgehead atoms. The van der Waals surface area contributed by atoms with Crippen LogP contribution in [0.4, 0.5) is 0 Å². The van der Waals surface area contributed by atoms with Crippen LogP contribution in [0, 0.1) is 0 Å². The van der Waals surface area contributed by atoms with Crippen LogP contribution in [0.15, 0.2) is 11.8 Å². The Labute approximate surface area is 70.5 Å². The van der Waals surface area contributed by atoms with Crippen molar-refractivity contribution in [3.63, 3.8) is 0 Å². The van der Waals surface area contributed by atoms with Gasteiger partial charge in [0.2, 0.25) is 0 Å². The first-order chi connectivity index (χ1) is 5.47. The van der Waals surface area contributed by atoms with Crippen LogP contribution in [-0.2, 0) is 9.53 Å². The summed E-state index contributed by atoms with van der Waals surface area (Å²) < 4.78 is 4.74. The van der Waals surface area contributed by atoms with E-state index in [2.05, 4.69) is 0 Å². The Morgan fingerprint density at radius 3 is 2.83 bits per heavy atom. The second kappa shape index (κ2) is 2.88. The zero-order valence-electron chi connectivity index (χ0n) is 7.07. The van der Waals surface area contributed by atoms with Gasteiger partial charge in [-0.05, 0) is 6.92 Å². The summed E-state index contributed by atoms with van der Waals surface area (Å²) in [5, 5.41) is 18.9. The lowest BCUT2D eigenvalue weighted by Crippen LogP contribution is -2.45. The van der Waals surface area contributed by atoms with Gasteiger partial charge in [-0.25, -0.2) is 0 Å². The molecule has 0 radical (unpaired) electrons. The molecule has 0 fully saturated rings. The van der Waals surface area contributed by atoms with Crippen molar-refractivity contribution < 1.29 is 19.7 Å². The van der Waals surface area contributed by atoms with Crippen LogP contribution in [0.3, 0.4) is 0 Å². The average Bonchev–Trinajstić information content (AvgIpc) is 1.96. The van der Waals surface area contributed by atoms with Gasteiger partial charge in [-0.15, -0.1) is 0 Å². The molecule has 12 heavy (non-hydrogen) atoms.